The Hall–Kier alpha value is -1.98. The van der Waals surface area contributed by atoms with E-state index in [2.05, 4.69) is 9.44 Å². The molecule has 2 aromatic carbocycles. The van der Waals surface area contributed by atoms with Gasteiger partial charge in [0.15, 0.2) is 0 Å². The van der Waals surface area contributed by atoms with Gasteiger partial charge in [-0.1, -0.05) is 24.3 Å². The number of benzene rings is 2. The van der Waals surface area contributed by atoms with Gasteiger partial charge >= 0.3 is 0 Å². The molecule has 0 atom stereocenters. The third-order valence-corrected chi connectivity index (χ3v) is 6.57. The third-order valence-electron chi connectivity index (χ3n) is 3.82. The molecular weight excluding hydrogens is 404 g/mol. The molecule has 0 aliphatic rings. The molecule has 154 valence electrons. The second-order valence-corrected chi connectivity index (χ2v) is 9.61. The molecule has 2 aromatic rings. The Morgan fingerprint density at radius 1 is 0.929 bits per heavy atom. The molecule has 0 radical (unpaired) electrons. The Kier molecular flexibility index (Phi) is 7.96. The van der Waals surface area contributed by atoms with Gasteiger partial charge in [0.2, 0.25) is 20.0 Å². The number of hydrogen-bond donors (Lipinski definition) is 2. The van der Waals surface area contributed by atoms with E-state index in [0.717, 1.165) is 0 Å². The van der Waals surface area contributed by atoms with E-state index in [1.54, 1.807) is 43.5 Å². The maximum Gasteiger partial charge on any atom is 0.240 e. The van der Waals surface area contributed by atoms with Crippen molar-refractivity contribution in [3.63, 3.8) is 0 Å². The summed E-state index contributed by atoms with van der Waals surface area (Å²) in [6.07, 6.45) is 0. The first-order valence-electron chi connectivity index (χ1n) is 8.46. The lowest BCUT2D eigenvalue weighted by Crippen LogP contribution is -2.23. The average molecular weight is 429 g/mol. The van der Waals surface area contributed by atoms with Crippen LogP contribution in [0, 0.1) is 0 Å². The first kappa shape index (κ1) is 22.3. The Labute approximate surface area is 166 Å². The Morgan fingerprint density at radius 2 is 1.61 bits per heavy atom. The lowest BCUT2D eigenvalue weighted by atomic mass is 10.1. The van der Waals surface area contributed by atoms with Gasteiger partial charge in [0.05, 0.1) is 17.3 Å². The second kappa shape index (κ2) is 9.99. The van der Waals surface area contributed by atoms with Crippen LogP contribution >= 0.6 is 0 Å². The van der Waals surface area contributed by atoms with Crippen molar-refractivity contribution in [3.8, 4) is 5.75 Å². The fourth-order valence-corrected chi connectivity index (χ4v) is 4.12. The van der Waals surface area contributed by atoms with E-state index in [9.17, 15) is 16.8 Å². The molecule has 0 aliphatic carbocycles. The van der Waals surface area contributed by atoms with Crippen LogP contribution in [0.2, 0.25) is 0 Å². The monoisotopic (exact) mass is 428 g/mol. The summed E-state index contributed by atoms with van der Waals surface area (Å²) in [7, 11) is -4.19. The van der Waals surface area contributed by atoms with Crippen LogP contribution in [0.25, 0.3) is 0 Å². The van der Waals surface area contributed by atoms with Crippen molar-refractivity contribution in [1.82, 2.24) is 9.44 Å². The number of hydrogen-bond acceptors (Lipinski definition) is 6. The van der Waals surface area contributed by atoms with Gasteiger partial charge in [0.1, 0.15) is 12.4 Å². The predicted molar refractivity (Wildman–Crippen MR) is 106 cm³/mol. The summed E-state index contributed by atoms with van der Waals surface area (Å²) in [6, 6.07) is 12.8. The molecule has 8 nitrogen and oxygen atoms in total. The van der Waals surface area contributed by atoms with E-state index in [1.165, 1.54) is 19.2 Å². The topological polar surface area (TPSA) is 111 Å². The van der Waals surface area contributed by atoms with E-state index in [4.69, 9.17) is 9.47 Å². The van der Waals surface area contributed by atoms with Crippen molar-refractivity contribution in [2.75, 3.05) is 27.4 Å². The largest absolute Gasteiger partial charge is 0.491 e. The second-order valence-electron chi connectivity index (χ2n) is 5.92. The van der Waals surface area contributed by atoms with Crippen LogP contribution in [0.4, 0.5) is 0 Å². The van der Waals surface area contributed by atoms with Gasteiger partial charge < -0.3 is 9.47 Å². The minimum Gasteiger partial charge on any atom is -0.491 e. The molecule has 0 aliphatic heterocycles. The van der Waals surface area contributed by atoms with Gasteiger partial charge in [-0.25, -0.2) is 26.3 Å². The molecule has 0 spiro atoms. The minimum atomic E-state index is -3.71. The molecule has 0 fully saturated rings. The zero-order valence-electron chi connectivity index (χ0n) is 15.7. The summed E-state index contributed by atoms with van der Waals surface area (Å²) in [5.74, 6) is 0.378. The highest BCUT2D eigenvalue weighted by Crippen LogP contribution is 2.16. The van der Waals surface area contributed by atoms with Crippen LogP contribution in [0.15, 0.2) is 53.4 Å². The summed E-state index contributed by atoms with van der Waals surface area (Å²) in [5, 5.41) is 0. The molecule has 10 heteroatoms. The van der Waals surface area contributed by atoms with Gasteiger partial charge in [-0.2, -0.15) is 0 Å². The van der Waals surface area contributed by atoms with Gasteiger partial charge in [0.25, 0.3) is 0 Å². The molecule has 0 bridgehead atoms. The van der Waals surface area contributed by atoms with Crippen molar-refractivity contribution >= 4 is 20.0 Å². The van der Waals surface area contributed by atoms with Crippen molar-refractivity contribution in [1.29, 1.82) is 0 Å². The van der Waals surface area contributed by atoms with Gasteiger partial charge in [-0.15, -0.1) is 0 Å². The Bertz CT molecular complexity index is 973. The number of sulfonamides is 2. The summed E-state index contributed by atoms with van der Waals surface area (Å²) in [5.41, 5.74) is 1.23. The van der Waals surface area contributed by atoms with E-state index in [1.807, 2.05) is 0 Å². The molecule has 0 unspecified atom stereocenters. The van der Waals surface area contributed by atoms with E-state index in [-0.39, 0.29) is 17.2 Å². The molecule has 0 heterocycles. The Morgan fingerprint density at radius 3 is 2.25 bits per heavy atom. The van der Waals surface area contributed by atoms with Crippen molar-refractivity contribution in [2.45, 2.75) is 17.2 Å². The highest BCUT2D eigenvalue weighted by atomic mass is 32.2. The first-order chi connectivity index (χ1) is 13.3. The Balaban J connectivity index is 2.01. The highest BCUT2D eigenvalue weighted by molar-refractivity contribution is 7.89. The van der Waals surface area contributed by atoms with Crippen LogP contribution < -0.4 is 14.2 Å². The number of ether oxygens (including phenoxy) is 2. The highest BCUT2D eigenvalue weighted by Gasteiger charge is 2.14. The molecule has 2 rings (SSSR count). The van der Waals surface area contributed by atoms with Crippen LogP contribution in [-0.2, 0) is 37.1 Å². The van der Waals surface area contributed by atoms with E-state index in [0.29, 0.717) is 30.1 Å². The van der Waals surface area contributed by atoms with Crippen LogP contribution in [0.5, 0.6) is 5.75 Å². The SMILES string of the molecule is CNS(=O)(=O)Cc1cccc(CNS(=O)(=O)c2ccc(OCCOC)cc2)c1. The van der Waals surface area contributed by atoms with Gasteiger partial charge in [-0.3, -0.25) is 0 Å². The first-order valence-corrected chi connectivity index (χ1v) is 11.6. The summed E-state index contributed by atoms with van der Waals surface area (Å²) in [6.45, 7) is 0.860. The zero-order chi connectivity index (χ0) is 20.6. The maximum atomic E-state index is 12.5. The van der Waals surface area contributed by atoms with Crippen molar-refractivity contribution in [3.05, 3.63) is 59.7 Å². The summed E-state index contributed by atoms with van der Waals surface area (Å²) >= 11 is 0. The smallest absolute Gasteiger partial charge is 0.240 e. The standard InChI is InChI=1S/C18H24N2O6S2/c1-19-27(21,22)14-16-5-3-4-15(12-16)13-20-28(23,24)18-8-6-17(7-9-18)26-11-10-25-2/h3-9,12,19-20H,10-11,13-14H2,1-2H3. The molecule has 0 aromatic heterocycles. The normalized spacial score (nSPS) is 12.1. The lowest BCUT2D eigenvalue weighted by molar-refractivity contribution is 0.146. The number of methoxy groups -OCH3 is 1. The van der Waals surface area contributed by atoms with Crippen LogP contribution in [-0.4, -0.2) is 44.2 Å². The van der Waals surface area contributed by atoms with E-state index >= 15 is 0 Å². The maximum absolute atomic E-state index is 12.5. The third kappa shape index (κ3) is 6.88. The van der Waals surface area contributed by atoms with Crippen LogP contribution in [0.1, 0.15) is 11.1 Å². The fourth-order valence-electron chi connectivity index (χ4n) is 2.34. The zero-order valence-corrected chi connectivity index (χ0v) is 17.3. The van der Waals surface area contributed by atoms with Crippen molar-refractivity contribution < 1.29 is 26.3 Å². The molecular formula is C18H24N2O6S2. The molecule has 0 saturated carbocycles. The van der Waals surface area contributed by atoms with Gasteiger partial charge in [-0.05, 0) is 42.4 Å². The number of nitrogens with one attached hydrogen (secondary N) is 2. The van der Waals surface area contributed by atoms with Crippen molar-refractivity contribution in [2.24, 2.45) is 0 Å². The minimum absolute atomic E-state index is 0.0435. The van der Waals surface area contributed by atoms with Crippen LogP contribution in [0.3, 0.4) is 0 Å². The molecule has 0 amide bonds. The quantitative estimate of drug-likeness (QED) is 0.521. The molecule has 0 saturated heterocycles. The van der Waals surface area contributed by atoms with E-state index < -0.39 is 20.0 Å². The average Bonchev–Trinajstić information content (AvgIpc) is 2.67. The summed E-state index contributed by atoms with van der Waals surface area (Å²) < 4.78 is 63.3. The molecule has 2 N–H and O–H groups in total. The predicted octanol–water partition coefficient (Wildman–Crippen LogP) is 1.24. The fraction of sp³-hybridized carbons (Fsp3) is 0.333. The summed E-state index contributed by atoms with van der Waals surface area (Å²) in [4.78, 5) is 0.112. The van der Waals surface area contributed by atoms with Gasteiger partial charge in [0, 0.05) is 13.7 Å². The molecule has 28 heavy (non-hydrogen) atoms. The lowest BCUT2D eigenvalue weighted by Gasteiger charge is -2.10. The number of rotatable bonds is 11.